The molecule has 1 aliphatic heterocycles. The molecule has 1 N–H and O–H groups in total. The van der Waals surface area contributed by atoms with Gasteiger partial charge in [0.15, 0.2) is 11.8 Å². The summed E-state index contributed by atoms with van der Waals surface area (Å²) in [6, 6.07) is 10.3. The molecule has 2 heterocycles. The predicted molar refractivity (Wildman–Crippen MR) is 91.5 cm³/mol. The lowest BCUT2D eigenvalue weighted by atomic mass is 10.0. The number of nitrogens with zero attached hydrogens (tertiary/aromatic N) is 1. The Morgan fingerprint density at radius 3 is 2.76 bits per heavy atom. The van der Waals surface area contributed by atoms with Crippen molar-refractivity contribution in [3.63, 3.8) is 0 Å². The molecule has 1 aromatic carbocycles. The van der Waals surface area contributed by atoms with Crippen LogP contribution in [-0.2, 0) is 9.53 Å². The van der Waals surface area contributed by atoms with Crippen LogP contribution in [0.1, 0.15) is 35.9 Å². The summed E-state index contributed by atoms with van der Waals surface area (Å²) in [7, 11) is 0. The molecule has 1 amide bonds. The van der Waals surface area contributed by atoms with E-state index in [0.717, 1.165) is 5.56 Å². The molecule has 1 aliphatic rings. The molecule has 0 saturated carbocycles. The van der Waals surface area contributed by atoms with Crippen molar-refractivity contribution in [2.75, 3.05) is 19.8 Å². The highest BCUT2D eigenvalue weighted by atomic mass is 16.5. The second kappa shape index (κ2) is 7.11. The average molecular weight is 343 g/mol. The zero-order chi connectivity index (χ0) is 18.0. The van der Waals surface area contributed by atoms with Gasteiger partial charge in [0.2, 0.25) is 0 Å². The highest BCUT2D eigenvalue weighted by Crippen LogP contribution is 2.26. The zero-order valence-electron chi connectivity index (χ0n) is 14.3. The minimum Gasteiger partial charge on any atom is -0.480 e. The first kappa shape index (κ1) is 17.2. The Kier molecular flexibility index (Phi) is 4.90. The van der Waals surface area contributed by atoms with Gasteiger partial charge in [-0.15, -0.1) is 0 Å². The Morgan fingerprint density at radius 1 is 1.24 bits per heavy atom. The van der Waals surface area contributed by atoms with E-state index in [1.54, 1.807) is 12.1 Å². The number of ether oxygens (including phenoxy) is 1. The van der Waals surface area contributed by atoms with E-state index in [2.05, 4.69) is 13.8 Å². The van der Waals surface area contributed by atoms with E-state index < -0.39 is 17.9 Å². The average Bonchev–Trinajstić information content (AvgIpc) is 3.11. The summed E-state index contributed by atoms with van der Waals surface area (Å²) in [4.78, 5) is 25.3. The van der Waals surface area contributed by atoms with Crippen LogP contribution in [0, 0.1) is 0 Å². The normalized spacial score (nSPS) is 17.7. The van der Waals surface area contributed by atoms with Crippen molar-refractivity contribution in [1.82, 2.24) is 4.90 Å². The maximum Gasteiger partial charge on any atom is 0.328 e. The number of hydrogen-bond donors (Lipinski definition) is 1. The molecule has 1 fully saturated rings. The van der Waals surface area contributed by atoms with Crippen LogP contribution in [0.5, 0.6) is 0 Å². The van der Waals surface area contributed by atoms with Crippen LogP contribution in [0.15, 0.2) is 40.8 Å². The highest BCUT2D eigenvalue weighted by Gasteiger charge is 2.34. The standard InChI is InChI=1S/C19H21NO5/c1-12(2)13-4-3-5-14(10-13)16-6-7-17(25-16)18(21)20-8-9-24-11-15(20)19(22)23/h3-7,10,12,15H,8-9,11H2,1-2H3,(H,22,23). The Labute approximate surface area is 146 Å². The Morgan fingerprint density at radius 2 is 2.04 bits per heavy atom. The Hall–Kier alpha value is -2.60. The topological polar surface area (TPSA) is 80.0 Å². The van der Waals surface area contributed by atoms with Gasteiger partial charge in [0.05, 0.1) is 13.2 Å². The molecule has 0 bridgehead atoms. The molecular weight excluding hydrogens is 322 g/mol. The first-order valence-electron chi connectivity index (χ1n) is 8.29. The van der Waals surface area contributed by atoms with Gasteiger partial charge in [0.25, 0.3) is 5.91 Å². The van der Waals surface area contributed by atoms with Crippen molar-refractivity contribution in [3.8, 4) is 11.3 Å². The van der Waals surface area contributed by atoms with Crippen LogP contribution < -0.4 is 0 Å². The van der Waals surface area contributed by atoms with Gasteiger partial charge in [0.1, 0.15) is 5.76 Å². The van der Waals surface area contributed by atoms with E-state index in [9.17, 15) is 14.7 Å². The minimum atomic E-state index is -1.08. The Balaban J connectivity index is 1.84. The monoisotopic (exact) mass is 343 g/mol. The number of carbonyl (C=O) groups excluding carboxylic acids is 1. The van der Waals surface area contributed by atoms with Crippen LogP contribution in [0.4, 0.5) is 0 Å². The van der Waals surface area contributed by atoms with E-state index in [1.165, 1.54) is 10.5 Å². The molecule has 1 saturated heterocycles. The van der Waals surface area contributed by atoms with Gasteiger partial charge in [-0.1, -0.05) is 32.0 Å². The van der Waals surface area contributed by atoms with E-state index in [4.69, 9.17) is 9.15 Å². The third-order valence-electron chi connectivity index (χ3n) is 4.33. The van der Waals surface area contributed by atoms with Gasteiger partial charge in [-0.3, -0.25) is 4.79 Å². The van der Waals surface area contributed by atoms with Gasteiger partial charge < -0.3 is 19.2 Å². The van der Waals surface area contributed by atoms with Crippen LogP contribution in [0.2, 0.25) is 0 Å². The maximum absolute atomic E-state index is 12.6. The number of hydrogen-bond acceptors (Lipinski definition) is 4. The fourth-order valence-electron chi connectivity index (χ4n) is 2.85. The number of aliphatic carboxylic acids is 1. The van der Waals surface area contributed by atoms with Crippen molar-refractivity contribution in [1.29, 1.82) is 0 Å². The molecule has 132 valence electrons. The molecule has 6 heteroatoms. The molecular formula is C19H21NO5. The third-order valence-corrected chi connectivity index (χ3v) is 4.33. The van der Waals surface area contributed by atoms with Crippen molar-refractivity contribution < 1.29 is 23.8 Å². The van der Waals surface area contributed by atoms with Gasteiger partial charge in [0, 0.05) is 12.1 Å². The molecule has 1 aromatic heterocycles. The van der Waals surface area contributed by atoms with Crippen molar-refractivity contribution >= 4 is 11.9 Å². The smallest absolute Gasteiger partial charge is 0.328 e. The minimum absolute atomic E-state index is 0.00886. The fraction of sp³-hybridized carbons (Fsp3) is 0.368. The first-order chi connectivity index (χ1) is 12.0. The summed E-state index contributed by atoms with van der Waals surface area (Å²) >= 11 is 0. The van der Waals surface area contributed by atoms with Crippen molar-refractivity contribution in [3.05, 3.63) is 47.7 Å². The van der Waals surface area contributed by atoms with Crippen LogP contribution in [0.25, 0.3) is 11.3 Å². The number of morpholine rings is 1. The summed E-state index contributed by atoms with van der Waals surface area (Å²) in [5, 5.41) is 9.27. The molecule has 25 heavy (non-hydrogen) atoms. The summed E-state index contributed by atoms with van der Waals surface area (Å²) < 4.78 is 10.9. The lowest BCUT2D eigenvalue weighted by Crippen LogP contribution is -2.52. The number of amides is 1. The lowest BCUT2D eigenvalue weighted by Gasteiger charge is -2.32. The molecule has 3 rings (SSSR count). The molecule has 0 aliphatic carbocycles. The van der Waals surface area contributed by atoms with E-state index in [1.807, 2.05) is 24.3 Å². The quantitative estimate of drug-likeness (QED) is 0.923. The summed E-state index contributed by atoms with van der Waals surface area (Å²) in [5.74, 6) is -0.392. The SMILES string of the molecule is CC(C)c1cccc(-c2ccc(C(=O)N3CCOCC3C(=O)O)o2)c1. The molecule has 0 radical (unpaired) electrons. The highest BCUT2D eigenvalue weighted by molar-refractivity contribution is 5.95. The summed E-state index contributed by atoms with van der Waals surface area (Å²) in [5.41, 5.74) is 2.07. The summed E-state index contributed by atoms with van der Waals surface area (Å²) in [6.07, 6.45) is 0. The first-order valence-corrected chi connectivity index (χ1v) is 8.29. The number of rotatable bonds is 4. The largest absolute Gasteiger partial charge is 0.480 e. The number of carboxylic acids is 1. The van der Waals surface area contributed by atoms with E-state index in [0.29, 0.717) is 18.3 Å². The number of carbonyl (C=O) groups is 2. The second-order valence-electron chi connectivity index (χ2n) is 6.37. The van der Waals surface area contributed by atoms with E-state index >= 15 is 0 Å². The summed E-state index contributed by atoms with van der Waals surface area (Å²) in [6.45, 7) is 4.76. The van der Waals surface area contributed by atoms with Crippen LogP contribution >= 0.6 is 0 Å². The second-order valence-corrected chi connectivity index (χ2v) is 6.37. The third kappa shape index (κ3) is 3.58. The van der Waals surface area contributed by atoms with E-state index in [-0.39, 0.29) is 18.9 Å². The molecule has 1 atom stereocenters. The number of furan rings is 1. The molecule has 2 aromatic rings. The predicted octanol–water partition coefficient (Wildman–Crippen LogP) is 3.00. The maximum atomic E-state index is 12.6. The Bertz CT molecular complexity index is 780. The van der Waals surface area contributed by atoms with Crippen LogP contribution in [0.3, 0.4) is 0 Å². The van der Waals surface area contributed by atoms with Crippen molar-refractivity contribution in [2.24, 2.45) is 0 Å². The molecule has 0 spiro atoms. The molecule has 1 unspecified atom stereocenters. The van der Waals surface area contributed by atoms with Crippen LogP contribution in [-0.4, -0.2) is 47.7 Å². The van der Waals surface area contributed by atoms with Crippen molar-refractivity contribution in [2.45, 2.75) is 25.8 Å². The number of carboxylic acid groups (broad SMARTS) is 1. The van der Waals surface area contributed by atoms with Gasteiger partial charge >= 0.3 is 5.97 Å². The van der Waals surface area contributed by atoms with Gasteiger partial charge in [-0.05, 0) is 29.7 Å². The van der Waals surface area contributed by atoms with Gasteiger partial charge in [-0.25, -0.2) is 4.79 Å². The number of benzene rings is 1. The fourth-order valence-corrected chi connectivity index (χ4v) is 2.85. The zero-order valence-corrected chi connectivity index (χ0v) is 14.3. The lowest BCUT2D eigenvalue weighted by molar-refractivity contribution is -0.147. The molecule has 6 nitrogen and oxygen atoms in total. The van der Waals surface area contributed by atoms with Gasteiger partial charge in [-0.2, -0.15) is 0 Å².